The van der Waals surface area contributed by atoms with Crippen LogP contribution in [0.1, 0.15) is 25.8 Å². The molecule has 0 aliphatic carbocycles. The van der Waals surface area contributed by atoms with Crippen molar-refractivity contribution >= 4 is 23.2 Å². The van der Waals surface area contributed by atoms with Crippen molar-refractivity contribution in [3.63, 3.8) is 0 Å². The molecule has 2 rings (SSSR count). The number of hydrogen-bond donors (Lipinski definition) is 1. The number of hydrogen-bond acceptors (Lipinski definition) is 2. The molecule has 0 saturated carbocycles. The molecule has 1 heterocycles. The predicted octanol–water partition coefficient (Wildman–Crippen LogP) is 2.74. The van der Waals surface area contributed by atoms with Crippen LogP contribution in [0.3, 0.4) is 0 Å². The molecule has 0 aromatic heterocycles. The van der Waals surface area contributed by atoms with Gasteiger partial charge in [0.15, 0.2) is 0 Å². The molecule has 98 valence electrons. The van der Waals surface area contributed by atoms with E-state index in [-0.39, 0.29) is 11.9 Å². The van der Waals surface area contributed by atoms with Crippen molar-refractivity contribution in [3.8, 4) is 0 Å². The average molecular weight is 267 g/mol. The molecule has 1 atom stereocenters. The zero-order valence-corrected chi connectivity index (χ0v) is 11.8. The number of anilines is 1. The molecule has 18 heavy (non-hydrogen) atoms. The van der Waals surface area contributed by atoms with Gasteiger partial charge in [0.05, 0.1) is 5.41 Å². The van der Waals surface area contributed by atoms with E-state index in [9.17, 15) is 4.79 Å². The highest BCUT2D eigenvalue weighted by atomic mass is 35.5. The molecule has 0 bridgehead atoms. The van der Waals surface area contributed by atoms with Gasteiger partial charge in [-0.05, 0) is 44.9 Å². The molecule has 4 heteroatoms. The van der Waals surface area contributed by atoms with E-state index in [1.807, 2.05) is 43.9 Å². The Bertz CT molecular complexity index is 485. The van der Waals surface area contributed by atoms with E-state index >= 15 is 0 Å². The molecule has 1 aliphatic heterocycles. The van der Waals surface area contributed by atoms with Gasteiger partial charge in [-0.3, -0.25) is 4.79 Å². The first-order valence-corrected chi connectivity index (χ1v) is 6.55. The summed E-state index contributed by atoms with van der Waals surface area (Å²) in [7, 11) is 0. The van der Waals surface area contributed by atoms with E-state index in [0.717, 1.165) is 17.7 Å². The summed E-state index contributed by atoms with van der Waals surface area (Å²) in [4.78, 5) is 14.3. The Hall–Kier alpha value is -1.06. The van der Waals surface area contributed by atoms with Crippen LogP contribution in [0.5, 0.6) is 0 Å². The summed E-state index contributed by atoms with van der Waals surface area (Å²) < 4.78 is 0. The van der Waals surface area contributed by atoms with Gasteiger partial charge >= 0.3 is 0 Å². The monoisotopic (exact) mass is 266 g/mol. The van der Waals surface area contributed by atoms with Crippen molar-refractivity contribution in [2.45, 2.75) is 33.2 Å². The molecular formula is C14H19ClN2O. The van der Waals surface area contributed by atoms with E-state index in [0.29, 0.717) is 11.6 Å². The molecule has 2 N–H and O–H groups in total. The quantitative estimate of drug-likeness (QED) is 0.850. The van der Waals surface area contributed by atoms with E-state index < -0.39 is 5.41 Å². The number of halogens is 1. The van der Waals surface area contributed by atoms with Crippen molar-refractivity contribution in [2.24, 2.45) is 11.1 Å². The van der Waals surface area contributed by atoms with Crippen LogP contribution in [0.15, 0.2) is 18.2 Å². The standard InChI is InChI=1S/C14H19ClN2O/c1-9-4-5-10(15)8-11(9)17-7-6-12(16)14(2,3)13(17)18/h4-5,8,12H,6-7,16H2,1-3H3. The molecular weight excluding hydrogens is 248 g/mol. The van der Waals surface area contributed by atoms with Gasteiger partial charge in [-0.15, -0.1) is 0 Å². The van der Waals surface area contributed by atoms with Crippen molar-refractivity contribution in [3.05, 3.63) is 28.8 Å². The smallest absolute Gasteiger partial charge is 0.234 e. The minimum atomic E-state index is -0.521. The molecule has 1 unspecified atom stereocenters. The second-order valence-corrected chi connectivity index (χ2v) is 5.94. The number of piperidine rings is 1. The lowest BCUT2D eigenvalue weighted by Crippen LogP contribution is -2.56. The highest BCUT2D eigenvalue weighted by molar-refractivity contribution is 6.31. The van der Waals surface area contributed by atoms with Gasteiger partial charge in [-0.25, -0.2) is 0 Å². The first-order valence-electron chi connectivity index (χ1n) is 6.17. The molecule has 1 aromatic rings. The van der Waals surface area contributed by atoms with Gasteiger partial charge in [-0.2, -0.15) is 0 Å². The molecule has 0 radical (unpaired) electrons. The molecule has 3 nitrogen and oxygen atoms in total. The third-order valence-corrected chi connectivity index (χ3v) is 4.08. The predicted molar refractivity (Wildman–Crippen MR) is 74.9 cm³/mol. The summed E-state index contributed by atoms with van der Waals surface area (Å²) in [6, 6.07) is 5.54. The lowest BCUT2D eigenvalue weighted by molar-refractivity contribution is -0.129. The second-order valence-electron chi connectivity index (χ2n) is 5.50. The van der Waals surface area contributed by atoms with Gasteiger partial charge in [0.25, 0.3) is 0 Å². The zero-order valence-electron chi connectivity index (χ0n) is 11.0. The fourth-order valence-corrected chi connectivity index (χ4v) is 2.51. The third kappa shape index (κ3) is 2.13. The lowest BCUT2D eigenvalue weighted by atomic mass is 9.78. The third-order valence-electron chi connectivity index (χ3n) is 3.85. The Kier molecular flexibility index (Phi) is 3.39. The van der Waals surface area contributed by atoms with Crippen molar-refractivity contribution in [1.29, 1.82) is 0 Å². The Labute approximate surface area is 113 Å². The summed E-state index contributed by atoms with van der Waals surface area (Å²) in [6.07, 6.45) is 0.810. The van der Waals surface area contributed by atoms with Crippen LogP contribution in [0.4, 0.5) is 5.69 Å². The van der Waals surface area contributed by atoms with Crippen molar-refractivity contribution in [2.75, 3.05) is 11.4 Å². The highest BCUT2D eigenvalue weighted by Crippen LogP contribution is 2.34. The summed E-state index contributed by atoms with van der Waals surface area (Å²) in [5.41, 5.74) is 7.47. The van der Waals surface area contributed by atoms with Crippen LogP contribution >= 0.6 is 11.6 Å². The lowest BCUT2D eigenvalue weighted by Gasteiger charge is -2.42. The van der Waals surface area contributed by atoms with E-state index in [1.54, 1.807) is 0 Å². The van der Waals surface area contributed by atoms with E-state index in [1.165, 1.54) is 0 Å². The van der Waals surface area contributed by atoms with Crippen LogP contribution in [0, 0.1) is 12.3 Å². The molecule has 1 fully saturated rings. The Balaban J connectivity index is 2.40. The van der Waals surface area contributed by atoms with Gasteiger partial charge in [-0.1, -0.05) is 17.7 Å². The maximum atomic E-state index is 12.5. The van der Waals surface area contributed by atoms with Gasteiger partial charge in [0.2, 0.25) is 5.91 Å². The Morgan fingerprint density at radius 2 is 2.11 bits per heavy atom. The normalized spacial score (nSPS) is 23.3. The minimum absolute atomic E-state index is 0.0756. The molecule has 0 spiro atoms. The number of rotatable bonds is 1. The second kappa shape index (κ2) is 4.56. The van der Waals surface area contributed by atoms with Crippen LogP contribution in [0.2, 0.25) is 5.02 Å². The van der Waals surface area contributed by atoms with Crippen LogP contribution < -0.4 is 10.6 Å². The first kappa shape index (κ1) is 13.4. The Morgan fingerprint density at radius 3 is 2.78 bits per heavy atom. The fourth-order valence-electron chi connectivity index (χ4n) is 2.34. The van der Waals surface area contributed by atoms with Gasteiger partial charge < -0.3 is 10.6 Å². The number of carbonyl (C=O) groups is 1. The largest absolute Gasteiger partial charge is 0.327 e. The maximum Gasteiger partial charge on any atom is 0.234 e. The zero-order chi connectivity index (χ0) is 13.5. The van der Waals surface area contributed by atoms with Gasteiger partial charge in [0.1, 0.15) is 0 Å². The van der Waals surface area contributed by atoms with E-state index in [4.69, 9.17) is 17.3 Å². The van der Waals surface area contributed by atoms with Crippen LogP contribution in [-0.4, -0.2) is 18.5 Å². The first-order chi connectivity index (χ1) is 8.34. The molecule has 1 amide bonds. The topological polar surface area (TPSA) is 46.3 Å². The highest BCUT2D eigenvalue weighted by Gasteiger charge is 2.42. The number of aryl methyl sites for hydroxylation is 1. The van der Waals surface area contributed by atoms with Crippen molar-refractivity contribution in [1.82, 2.24) is 0 Å². The SMILES string of the molecule is Cc1ccc(Cl)cc1N1CCC(N)C(C)(C)C1=O. The maximum absolute atomic E-state index is 12.5. The van der Waals surface area contributed by atoms with Gasteiger partial charge in [0, 0.05) is 23.3 Å². The molecule has 1 aromatic carbocycles. The Morgan fingerprint density at radius 1 is 1.44 bits per heavy atom. The molecule has 1 aliphatic rings. The minimum Gasteiger partial charge on any atom is -0.327 e. The van der Waals surface area contributed by atoms with Crippen molar-refractivity contribution < 1.29 is 4.79 Å². The van der Waals surface area contributed by atoms with E-state index in [2.05, 4.69) is 0 Å². The summed E-state index contributed by atoms with van der Waals surface area (Å²) in [6.45, 7) is 6.46. The summed E-state index contributed by atoms with van der Waals surface area (Å²) in [5, 5.41) is 0.649. The summed E-state index contributed by atoms with van der Waals surface area (Å²) >= 11 is 6.02. The number of nitrogens with zero attached hydrogens (tertiary/aromatic N) is 1. The van der Waals surface area contributed by atoms with Crippen LogP contribution in [0.25, 0.3) is 0 Å². The fraction of sp³-hybridized carbons (Fsp3) is 0.500. The molecule has 1 saturated heterocycles. The number of amides is 1. The summed E-state index contributed by atoms with van der Waals surface area (Å²) in [5.74, 6) is 0.0756. The average Bonchev–Trinajstić information content (AvgIpc) is 2.31. The number of benzene rings is 1. The van der Waals surface area contributed by atoms with Crippen LogP contribution in [-0.2, 0) is 4.79 Å². The number of carbonyl (C=O) groups excluding carboxylic acids is 1. The number of nitrogens with two attached hydrogens (primary N) is 1.